The van der Waals surface area contributed by atoms with E-state index in [4.69, 9.17) is 0 Å². The van der Waals surface area contributed by atoms with Crippen LogP contribution < -0.4 is 5.32 Å². The highest BCUT2D eigenvalue weighted by Gasteiger charge is 2.25. The van der Waals surface area contributed by atoms with Gasteiger partial charge in [-0.2, -0.15) is 0 Å². The molecule has 1 aromatic carbocycles. The second-order valence-electron chi connectivity index (χ2n) is 6.57. The first-order valence-electron chi connectivity index (χ1n) is 8.77. The highest BCUT2D eigenvalue weighted by molar-refractivity contribution is 7.07. The van der Waals surface area contributed by atoms with Crippen molar-refractivity contribution in [2.75, 3.05) is 18.4 Å². The first-order valence-corrected chi connectivity index (χ1v) is 9.71. The normalized spacial score (nSPS) is 15.8. The number of hydrogen-bond donors (Lipinski definition) is 2. The molecule has 26 heavy (non-hydrogen) atoms. The molecule has 1 aliphatic rings. The van der Waals surface area contributed by atoms with Gasteiger partial charge in [-0.05, 0) is 38.1 Å². The summed E-state index contributed by atoms with van der Waals surface area (Å²) in [5, 5.41) is 5.09. The Hall–Kier alpha value is -2.51. The van der Waals surface area contributed by atoms with E-state index >= 15 is 0 Å². The molecule has 3 heterocycles. The molecule has 6 nitrogen and oxygen atoms in total. The SMILES string of the molecule is O=C(Nc1cccc(-c2cscn2)c1)C1CCN(Cc2cnc[nH]2)CC1. The topological polar surface area (TPSA) is 73.9 Å². The molecule has 1 aliphatic heterocycles. The molecule has 1 amide bonds. The van der Waals surface area contributed by atoms with Crippen molar-refractivity contribution >= 4 is 22.9 Å². The number of anilines is 1. The highest BCUT2D eigenvalue weighted by atomic mass is 32.1. The summed E-state index contributed by atoms with van der Waals surface area (Å²) in [7, 11) is 0. The van der Waals surface area contributed by atoms with Crippen molar-refractivity contribution in [3.05, 3.63) is 53.4 Å². The van der Waals surface area contributed by atoms with Gasteiger partial charge in [0, 0.05) is 41.0 Å². The fourth-order valence-corrected chi connectivity index (χ4v) is 3.88. The van der Waals surface area contributed by atoms with E-state index in [2.05, 4.69) is 25.2 Å². The van der Waals surface area contributed by atoms with Gasteiger partial charge in [0.05, 0.1) is 17.5 Å². The Bertz CT molecular complexity index is 839. The third kappa shape index (κ3) is 4.00. The zero-order valence-corrected chi connectivity index (χ0v) is 15.2. The Balaban J connectivity index is 1.32. The predicted molar refractivity (Wildman–Crippen MR) is 103 cm³/mol. The molecule has 7 heteroatoms. The van der Waals surface area contributed by atoms with Crippen molar-refractivity contribution < 1.29 is 4.79 Å². The summed E-state index contributed by atoms with van der Waals surface area (Å²) in [6.45, 7) is 2.72. The summed E-state index contributed by atoms with van der Waals surface area (Å²) in [5.74, 6) is 0.178. The van der Waals surface area contributed by atoms with E-state index in [1.165, 1.54) is 0 Å². The van der Waals surface area contributed by atoms with Crippen molar-refractivity contribution in [1.29, 1.82) is 0 Å². The molecular formula is C19H21N5OS. The predicted octanol–water partition coefficient (Wildman–Crippen LogP) is 3.38. The standard InChI is InChI=1S/C19H21N5OS/c25-19(14-4-6-24(7-5-14)10-17-9-20-12-21-17)23-16-3-1-2-15(8-16)18-11-26-13-22-18/h1-3,8-9,11-14H,4-7,10H2,(H,20,21)(H,23,25). The maximum atomic E-state index is 12.6. The van der Waals surface area contributed by atoms with Crippen LogP contribution in [0.5, 0.6) is 0 Å². The molecule has 134 valence electrons. The van der Waals surface area contributed by atoms with Gasteiger partial charge in [0.1, 0.15) is 0 Å². The summed E-state index contributed by atoms with van der Waals surface area (Å²) in [6, 6.07) is 7.89. The van der Waals surface area contributed by atoms with Crippen LogP contribution in [0.15, 0.2) is 47.7 Å². The number of benzene rings is 1. The average molecular weight is 367 g/mol. The molecule has 2 aromatic heterocycles. The number of rotatable bonds is 5. The number of hydrogen-bond acceptors (Lipinski definition) is 5. The van der Waals surface area contributed by atoms with Crippen LogP contribution in [0.4, 0.5) is 5.69 Å². The van der Waals surface area contributed by atoms with Crippen molar-refractivity contribution in [2.24, 2.45) is 5.92 Å². The molecule has 0 spiro atoms. The third-order valence-electron chi connectivity index (χ3n) is 4.77. The number of nitrogens with zero attached hydrogens (tertiary/aromatic N) is 3. The first kappa shape index (κ1) is 16.9. The summed E-state index contributed by atoms with van der Waals surface area (Å²) < 4.78 is 0. The van der Waals surface area contributed by atoms with Gasteiger partial charge in [0.15, 0.2) is 0 Å². The van der Waals surface area contributed by atoms with E-state index in [0.29, 0.717) is 0 Å². The Morgan fingerprint density at radius 1 is 1.35 bits per heavy atom. The molecule has 0 unspecified atom stereocenters. The number of carbonyl (C=O) groups excluding carboxylic acids is 1. The van der Waals surface area contributed by atoms with Gasteiger partial charge in [-0.1, -0.05) is 12.1 Å². The summed E-state index contributed by atoms with van der Waals surface area (Å²) in [4.78, 5) is 26.5. The zero-order chi connectivity index (χ0) is 17.8. The molecule has 0 saturated carbocycles. The lowest BCUT2D eigenvalue weighted by Crippen LogP contribution is -2.37. The second-order valence-corrected chi connectivity index (χ2v) is 7.29. The molecule has 0 atom stereocenters. The van der Waals surface area contributed by atoms with Gasteiger partial charge in [0.2, 0.25) is 5.91 Å². The van der Waals surface area contributed by atoms with Gasteiger partial charge in [-0.3, -0.25) is 9.69 Å². The molecule has 3 aromatic rings. The summed E-state index contributed by atoms with van der Waals surface area (Å²) in [6.07, 6.45) is 5.32. The van der Waals surface area contributed by atoms with Gasteiger partial charge in [0.25, 0.3) is 0 Å². The van der Waals surface area contributed by atoms with E-state index in [-0.39, 0.29) is 11.8 Å². The fraction of sp³-hybridized carbons (Fsp3) is 0.316. The van der Waals surface area contributed by atoms with Gasteiger partial charge >= 0.3 is 0 Å². The summed E-state index contributed by atoms with van der Waals surface area (Å²) in [5.41, 5.74) is 5.74. The molecular weight excluding hydrogens is 346 g/mol. The Morgan fingerprint density at radius 2 is 2.23 bits per heavy atom. The number of H-pyrrole nitrogens is 1. The van der Waals surface area contributed by atoms with E-state index in [9.17, 15) is 4.79 Å². The quantitative estimate of drug-likeness (QED) is 0.725. The van der Waals surface area contributed by atoms with Crippen LogP contribution >= 0.6 is 11.3 Å². The number of thiazole rings is 1. The van der Waals surface area contributed by atoms with Crippen LogP contribution in [0.25, 0.3) is 11.3 Å². The van der Waals surface area contributed by atoms with Crippen molar-refractivity contribution in [2.45, 2.75) is 19.4 Å². The molecule has 1 fully saturated rings. The van der Waals surface area contributed by atoms with Crippen LogP contribution in [-0.2, 0) is 11.3 Å². The molecule has 4 rings (SSSR count). The Kier molecular flexibility index (Phi) is 5.08. The number of likely N-dealkylation sites (tertiary alicyclic amines) is 1. The Labute approximate surface area is 156 Å². The van der Waals surface area contributed by atoms with Crippen molar-refractivity contribution in [1.82, 2.24) is 19.9 Å². The zero-order valence-electron chi connectivity index (χ0n) is 14.4. The lowest BCUT2D eigenvalue weighted by molar-refractivity contribution is -0.121. The molecule has 0 aliphatic carbocycles. The number of aromatic amines is 1. The largest absolute Gasteiger partial charge is 0.347 e. The van der Waals surface area contributed by atoms with Crippen LogP contribution in [0.3, 0.4) is 0 Å². The van der Waals surface area contributed by atoms with E-state index < -0.39 is 0 Å². The number of aromatic nitrogens is 3. The number of piperidine rings is 1. The minimum Gasteiger partial charge on any atom is -0.347 e. The Morgan fingerprint density at radius 3 is 2.96 bits per heavy atom. The molecule has 1 saturated heterocycles. The van der Waals surface area contributed by atoms with E-state index in [0.717, 1.165) is 55.1 Å². The van der Waals surface area contributed by atoms with Crippen LogP contribution in [-0.4, -0.2) is 38.8 Å². The minimum atomic E-state index is 0.0657. The van der Waals surface area contributed by atoms with Crippen molar-refractivity contribution in [3.63, 3.8) is 0 Å². The fourth-order valence-electron chi connectivity index (χ4n) is 3.32. The highest BCUT2D eigenvalue weighted by Crippen LogP contribution is 2.24. The minimum absolute atomic E-state index is 0.0657. The molecule has 2 N–H and O–H groups in total. The smallest absolute Gasteiger partial charge is 0.227 e. The maximum Gasteiger partial charge on any atom is 0.227 e. The summed E-state index contributed by atoms with van der Waals surface area (Å²) >= 11 is 1.57. The van der Waals surface area contributed by atoms with Crippen molar-refractivity contribution in [3.8, 4) is 11.3 Å². The third-order valence-corrected chi connectivity index (χ3v) is 5.35. The first-order chi connectivity index (χ1) is 12.8. The van der Waals surface area contributed by atoms with Crippen LogP contribution in [0.1, 0.15) is 18.5 Å². The van der Waals surface area contributed by atoms with Gasteiger partial charge < -0.3 is 10.3 Å². The lowest BCUT2D eigenvalue weighted by atomic mass is 9.95. The monoisotopic (exact) mass is 367 g/mol. The second kappa shape index (κ2) is 7.80. The van der Waals surface area contributed by atoms with E-state index in [1.54, 1.807) is 17.7 Å². The lowest BCUT2D eigenvalue weighted by Gasteiger charge is -2.30. The molecule has 0 radical (unpaired) electrons. The van der Waals surface area contributed by atoms with Gasteiger partial charge in [-0.25, -0.2) is 9.97 Å². The number of nitrogens with one attached hydrogen (secondary N) is 2. The number of carbonyl (C=O) groups is 1. The van der Waals surface area contributed by atoms with Gasteiger partial charge in [-0.15, -0.1) is 11.3 Å². The average Bonchev–Trinajstić information content (AvgIpc) is 3.37. The number of amides is 1. The van der Waals surface area contributed by atoms with Crippen LogP contribution in [0.2, 0.25) is 0 Å². The molecule has 0 bridgehead atoms. The van der Waals surface area contributed by atoms with Crippen LogP contribution in [0, 0.1) is 5.92 Å². The number of imidazole rings is 1. The maximum absolute atomic E-state index is 12.6. The van der Waals surface area contributed by atoms with E-state index in [1.807, 2.05) is 41.4 Å².